The number of aromatic nitrogens is 1. The Morgan fingerprint density at radius 3 is 3.15 bits per heavy atom. The molecule has 0 saturated heterocycles. The zero-order valence-corrected chi connectivity index (χ0v) is 7.27. The Kier molecular flexibility index (Phi) is 2.25. The molecule has 0 aliphatic heterocycles. The summed E-state index contributed by atoms with van der Waals surface area (Å²) in [7, 11) is 0. The van der Waals surface area contributed by atoms with Crippen LogP contribution in [0.25, 0.3) is 0 Å². The van der Waals surface area contributed by atoms with Crippen molar-refractivity contribution in [2.24, 2.45) is 5.92 Å². The third-order valence-electron chi connectivity index (χ3n) is 2.08. The summed E-state index contributed by atoms with van der Waals surface area (Å²) in [6, 6.07) is 3.55. The highest BCUT2D eigenvalue weighted by Crippen LogP contribution is 2.29. The number of hydrogen-bond acceptors (Lipinski definition) is 3. The molecular formula is C10H11NO2. The van der Waals surface area contributed by atoms with Gasteiger partial charge in [-0.3, -0.25) is 4.79 Å². The molecule has 0 aromatic carbocycles. The van der Waals surface area contributed by atoms with E-state index in [1.165, 1.54) is 12.8 Å². The van der Waals surface area contributed by atoms with Crippen molar-refractivity contribution in [2.75, 3.05) is 6.61 Å². The molecule has 13 heavy (non-hydrogen) atoms. The van der Waals surface area contributed by atoms with Crippen LogP contribution in [0.1, 0.15) is 23.3 Å². The van der Waals surface area contributed by atoms with Crippen molar-refractivity contribution in [3.63, 3.8) is 0 Å². The summed E-state index contributed by atoms with van der Waals surface area (Å²) in [4.78, 5) is 14.4. The lowest BCUT2D eigenvalue weighted by Crippen LogP contribution is -2.02. The van der Waals surface area contributed by atoms with Crippen LogP contribution in [0.2, 0.25) is 0 Å². The van der Waals surface area contributed by atoms with Crippen LogP contribution in [-0.4, -0.2) is 17.9 Å². The first-order valence-electron chi connectivity index (χ1n) is 4.43. The monoisotopic (exact) mass is 177 g/mol. The normalized spacial score (nSPS) is 15.4. The van der Waals surface area contributed by atoms with E-state index in [1.807, 2.05) is 0 Å². The molecule has 0 radical (unpaired) electrons. The minimum Gasteiger partial charge on any atom is -0.491 e. The number of hydrogen-bond donors (Lipinski definition) is 0. The van der Waals surface area contributed by atoms with Crippen molar-refractivity contribution in [1.82, 2.24) is 4.98 Å². The van der Waals surface area contributed by atoms with E-state index in [0.717, 1.165) is 6.29 Å². The standard InChI is InChI=1S/C10H11NO2/c12-6-9-10(2-1-5-11-9)13-7-8-3-4-8/h1-2,5-6,8H,3-4,7H2. The maximum absolute atomic E-state index is 10.5. The molecule has 1 fully saturated rings. The van der Waals surface area contributed by atoms with Crippen molar-refractivity contribution in [3.05, 3.63) is 24.0 Å². The van der Waals surface area contributed by atoms with Crippen LogP contribution in [-0.2, 0) is 0 Å². The maximum atomic E-state index is 10.5. The number of aldehydes is 1. The molecule has 1 aromatic heterocycles. The van der Waals surface area contributed by atoms with Gasteiger partial charge in [0.25, 0.3) is 0 Å². The highest BCUT2D eigenvalue weighted by atomic mass is 16.5. The summed E-state index contributed by atoms with van der Waals surface area (Å²) in [5.74, 6) is 1.30. The fourth-order valence-corrected chi connectivity index (χ4v) is 1.11. The SMILES string of the molecule is O=Cc1ncccc1OCC1CC1. The average Bonchev–Trinajstić information content (AvgIpc) is 2.99. The predicted molar refractivity (Wildman–Crippen MR) is 47.8 cm³/mol. The van der Waals surface area contributed by atoms with Crippen LogP contribution >= 0.6 is 0 Å². The molecule has 2 rings (SSSR count). The number of rotatable bonds is 4. The zero-order chi connectivity index (χ0) is 9.10. The topological polar surface area (TPSA) is 39.2 Å². The van der Waals surface area contributed by atoms with Crippen LogP contribution < -0.4 is 4.74 Å². The molecule has 0 amide bonds. The van der Waals surface area contributed by atoms with E-state index in [0.29, 0.717) is 24.0 Å². The number of nitrogens with zero attached hydrogens (tertiary/aromatic N) is 1. The predicted octanol–water partition coefficient (Wildman–Crippen LogP) is 1.68. The first-order valence-corrected chi connectivity index (χ1v) is 4.43. The van der Waals surface area contributed by atoms with Gasteiger partial charge in [0.15, 0.2) is 6.29 Å². The largest absolute Gasteiger partial charge is 0.491 e. The van der Waals surface area contributed by atoms with E-state index in [4.69, 9.17) is 4.74 Å². The van der Waals surface area contributed by atoms with Gasteiger partial charge in [-0.1, -0.05) is 0 Å². The summed E-state index contributed by atoms with van der Waals surface area (Å²) in [5.41, 5.74) is 0.392. The van der Waals surface area contributed by atoms with Gasteiger partial charge in [-0.05, 0) is 30.9 Å². The van der Waals surface area contributed by atoms with Crippen molar-refractivity contribution in [1.29, 1.82) is 0 Å². The molecule has 0 atom stereocenters. The van der Waals surface area contributed by atoms with E-state index < -0.39 is 0 Å². The van der Waals surface area contributed by atoms with Crippen LogP contribution in [0.4, 0.5) is 0 Å². The molecule has 1 saturated carbocycles. The Labute approximate surface area is 76.7 Å². The molecule has 0 unspecified atom stereocenters. The minimum atomic E-state index is 0.392. The van der Waals surface area contributed by atoms with Gasteiger partial charge in [0.05, 0.1) is 6.61 Å². The first kappa shape index (κ1) is 8.23. The molecule has 1 aromatic rings. The van der Waals surface area contributed by atoms with E-state index in [2.05, 4.69) is 4.98 Å². The lowest BCUT2D eigenvalue weighted by molar-refractivity contribution is 0.111. The number of ether oxygens (including phenoxy) is 1. The number of pyridine rings is 1. The zero-order valence-electron chi connectivity index (χ0n) is 7.27. The second-order valence-electron chi connectivity index (χ2n) is 3.26. The molecule has 1 aliphatic carbocycles. The second-order valence-corrected chi connectivity index (χ2v) is 3.26. The van der Waals surface area contributed by atoms with Gasteiger partial charge in [-0.2, -0.15) is 0 Å². The summed E-state index contributed by atoms with van der Waals surface area (Å²) in [6.45, 7) is 0.715. The van der Waals surface area contributed by atoms with E-state index in [-0.39, 0.29) is 0 Å². The van der Waals surface area contributed by atoms with Crippen molar-refractivity contribution < 1.29 is 9.53 Å². The van der Waals surface area contributed by atoms with Crippen LogP contribution in [0.5, 0.6) is 5.75 Å². The Morgan fingerprint density at radius 2 is 2.46 bits per heavy atom. The fraction of sp³-hybridized carbons (Fsp3) is 0.400. The van der Waals surface area contributed by atoms with Gasteiger partial charge in [-0.25, -0.2) is 4.98 Å². The van der Waals surface area contributed by atoms with Gasteiger partial charge >= 0.3 is 0 Å². The van der Waals surface area contributed by atoms with Crippen LogP contribution in [0.15, 0.2) is 18.3 Å². The van der Waals surface area contributed by atoms with E-state index >= 15 is 0 Å². The highest BCUT2D eigenvalue weighted by molar-refractivity contribution is 5.75. The van der Waals surface area contributed by atoms with Gasteiger partial charge < -0.3 is 4.74 Å². The van der Waals surface area contributed by atoms with Crippen molar-refractivity contribution >= 4 is 6.29 Å². The summed E-state index contributed by atoms with van der Waals surface area (Å²) < 4.78 is 5.46. The van der Waals surface area contributed by atoms with E-state index in [1.54, 1.807) is 18.3 Å². The summed E-state index contributed by atoms with van der Waals surface area (Å²) in [6.07, 6.45) is 4.81. The molecule has 3 nitrogen and oxygen atoms in total. The quantitative estimate of drug-likeness (QED) is 0.657. The smallest absolute Gasteiger partial charge is 0.172 e. The molecule has 68 valence electrons. The third-order valence-corrected chi connectivity index (χ3v) is 2.08. The molecule has 0 spiro atoms. The van der Waals surface area contributed by atoms with Gasteiger partial charge in [0.1, 0.15) is 11.4 Å². The number of carbonyl (C=O) groups is 1. The van der Waals surface area contributed by atoms with Gasteiger partial charge in [0, 0.05) is 6.20 Å². The third kappa shape index (κ3) is 2.05. The Morgan fingerprint density at radius 1 is 1.62 bits per heavy atom. The lowest BCUT2D eigenvalue weighted by Gasteiger charge is -2.05. The molecular weight excluding hydrogens is 166 g/mol. The molecule has 0 bridgehead atoms. The highest BCUT2D eigenvalue weighted by Gasteiger charge is 2.22. The number of carbonyl (C=O) groups excluding carboxylic acids is 1. The first-order chi connectivity index (χ1) is 6.40. The molecule has 0 N–H and O–H groups in total. The summed E-state index contributed by atoms with van der Waals surface area (Å²) >= 11 is 0. The molecule has 3 heteroatoms. The van der Waals surface area contributed by atoms with Crippen LogP contribution in [0.3, 0.4) is 0 Å². The van der Waals surface area contributed by atoms with Crippen LogP contribution in [0, 0.1) is 5.92 Å². The lowest BCUT2D eigenvalue weighted by atomic mass is 10.3. The van der Waals surface area contributed by atoms with Gasteiger partial charge in [-0.15, -0.1) is 0 Å². The Hall–Kier alpha value is -1.38. The molecule has 1 heterocycles. The summed E-state index contributed by atoms with van der Waals surface area (Å²) in [5, 5.41) is 0. The van der Waals surface area contributed by atoms with Crippen molar-refractivity contribution in [3.8, 4) is 5.75 Å². The average molecular weight is 177 g/mol. The maximum Gasteiger partial charge on any atom is 0.172 e. The van der Waals surface area contributed by atoms with E-state index in [9.17, 15) is 4.79 Å². The van der Waals surface area contributed by atoms with Gasteiger partial charge in [0.2, 0.25) is 0 Å². The minimum absolute atomic E-state index is 0.392. The Bertz CT molecular complexity index is 308. The molecule has 1 aliphatic rings. The van der Waals surface area contributed by atoms with Crippen molar-refractivity contribution in [2.45, 2.75) is 12.8 Å². The second kappa shape index (κ2) is 3.56. The fourth-order valence-electron chi connectivity index (χ4n) is 1.11. The Balaban J connectivity index is 2.03.